The van der Waals surface area contributed by atoms with Crippen molar-refractivity contribution in [3.8, 4) is 5.75 Å². The Morgan fingerprint density at radius 3 is 2.65 bits per heavy atom. The number of hydrogen-bond acceptors (Lipinski definition) is 4. The van der Waals surface area contributed by atoms with Crippen LogP contribution in [0.4, 0.5) is 0 Å². The molecule has 1 atom stereocenters. The second-order valence-electron chi connectivity index (χ2n) is 9.44. The van der Waals surface area contributed by atoms with Crippen molar-refractivity contribution in [1.82, 2.24) is 25.4 Å². The minimum atomic E-state index is -0.0365. The lowest BCUT2D eigenvalue weighted by atomic mass is 9.86. The van der Waals surface area contributed by atoms with E-state index in [2.05, 4.69) is 45.1 Å². The van der Waals surface area contributed by atoms with E-state index in [0.29, 0.717) is 12.6 Å². The molecule has 7 heteroatoms. The van der Waals surface area contributed by atoms with Crippen LogP contribution in [0.5, 0.6) is 5.75 Å². The van der Waals surface area contributed by atoms with Crippen LogP contribution >= 0.6 is 0 Å². The molecule has 0 radical (unpaired) electrons. The summed E-state index contributed by atoms with van der Waals surface area (Å²) in [6, 6.07) is 9.17. The Morgan fingerprint density at radius 1 is 1.13 bits per heavy atom. The highest BCUT2D eigenvalue weighted by molar-refractivity contribution is 5.80. The first-order chi connectivity index (χ1) is 15.1. The summed E-state index contributed by atoms with van der Waals surface area (Å²) in [5.41, 5.74) is 1.20. The van der Waals surface area contributed by atoms with Crippen molar-refractivity contribution in [1.29, 1.82) is 0 Å². The van der Waals surface area contributed by atoms with E-state index in [4.69, 9.17) is 9.73 Å². The van der Waals surface area contributed by atoms with E-state index < -0.39 is 0 Å². The molecule has 0 amide bonds. The number of para-hydroxylation sites is 1. The number of aromatic nitrogens is 3. The lowest BCUT2D eigenvalue weighted by Gasteiger charge is -2.40. The molecular formula is C24H34N6O. The van der Waals surface area contributed by atoms with Gasteiger partial charge in [-0.15, -0.1) is 10.2 Å². The minimum absolute atomic E-state index is 0.0365. The molecule has 2 aliphatic carbocycles. The fraction of sp³-hybridized carbons (Fsp3) is 0.625. The van der Waals surface area contributed by atoms with Crippen molar-refractivity contribution < 1.29 is 4.74 Å². The molecule has 1 aliphatic heterocycles. The van der Waals surface area contributed by atoms with Gasteiger partial charge in [0.15, 0.2) is 11.8 Å². The first-order valence-corrected chi connectivity index (χ1v) is 11.8. The normalized spacial score (nSPS) is 23.0. The van der Waals surface area contributed by atoms with E-state index in [9.17, 15) is 0 Å². The van der Waals surface area contributed by atoms with Gasteiger partial charge in [-0.3, -0.25) is 0 Å². The third-order valence-corrected chi connectivity index (χ3v) is 7.28. The van der Waals surface area contributed by atoms with Crippen LogP contribution < -0.4 is 15.4 Å². The maximum absolute atomic E-state index is 6.55. The Labute approximate surface area is 184 Å². The number of fused-ring (bicyclic) bond motifs is 1. The fourth-order valence-corrected chi connectivity index (χ4v) is 5.37. The molecule has 2 heterocycles. The molecule has 2 aromatic rings. The highest BCUT2D eigenvalue weighted by atomic mass is 16.5. The summed E-state index contributed by atoms with van der Waals surface area (Å²) in [6.45, 7) is 2.48. The van der Waals surface area contributed by atoms with Crippen LogP contribution in [0.2, 0.25) is 0 Å². The fourth-order valence-electron chi connectivity index (χ4n) is 5.37. The highest BCUT2D eigenvalue weighted by Crippen LogP contribution is 2.47. The molecule has 1 unspecified atom stereocenters. The predicted molar refractivity (Wildman–Crippen MR) is 121 cm³/mol. The number of ether oxygens (including phenoxy) is 1. The Balaban J connectivity index is 1.40. The monoisotopic (exact) mass is 422 g/mol. The van der Waals surface area contributed by atoms with Crippen LogP contribution in [0.25, 0.3) is 0 Å². The maximum Gasteiger partial charge on any atom is 0.192 e. The van der Waals surface area contributed by atoms with Crippen molar-refractivity contribution >= 4 is 5.96 Å². The standard InChI is InChI=1S/C24H34N6O/c1-17-28-29-22(30(17)2)16-25-23(26-18-9-3-4-10-18)27-20-15-24(13-7-8-14-24)31-21-12-6-5-11-19(20)21/h5-6,11-12,18,20H,3-4,7-10,13-16H2,1-2H3,(H2,25,26,27). The van der Waals surface area contributed by atoms with Crippen molar-refractivity contribution in [2.75, 3.05) is 0 Å². The molecular weight excluding hydrogens is 388 g/mol. The Morgan fingerprint density at radius 2 is 1.90 bits per heavy atom. The maximum atomic E-state index is 6.55. The number of aryl methyl sites for hydroxylation is 1. The van der Waals surface area contributed by atoms with E-state index in [1.54, 1.807) is 0 Å². The summed E-state index contributed by atoms with van der Waals surface area (Å²) >= 11 is 0. The van der Waals surface area contributed by atoms with Gasteiger partial charge in [-0.1, -0.05) is 31.0 Å². The van der Waals surface area contributed by atoms with Gasteiger partial charge in [0.05, 0.1) is 6.04 Å². The lowest BCUT2D eigenvalue weighted by Crippen LogP contribution is -2.48. The molecule has 1 aromatic heterocycles. The quantitative estimate of drug-likeness (QED) is 0.577. The number of guanidine groups is 1. The Hall–Kier alpha value is -2.57. The second kappa shape index (κ2) is 8.52. The topological polar surface area (TPSA) is 76.4 Å². The van der Waals surface area contributed by atoms with Gasteiger partial charge in [0.25, 0.3) is 0 Å². The van der Waals surface area contributed by atoms with Gasteiger partial charge in [0.1, 0.15) is 23.7 Å². The second-order valence-corrected chi connectivity index (χ2v) is 9.44. The van der Waals surface area contributed by atoms with Crippen molar-refractivity contribution in [3.63, 3.8) is 0 Å². The summed E-state index contributed by atoms with van der Waals surface area (Å²) in [7, 11) is 2.00. The number of benzene rings is 1. The van der Waals surface area contributed by atoms with Crippen LogP contribution in [0.1, 0.15) is 81.0 Å². The van der Waals surface area contributed by atoms with Gasteiger partial charge < -0.3 is 19.9 Å². The van der Waals surface area contributed by atoms with E-state index in [1.165, 1.54) is 44.1 Å². The van der Waals surface area contributed by atoms with E-state index in [-0.39, 0.29) is 11.6 Å². The molecule has 7 nitrogen and oxygen atoms in total. The number of nitrogens with zero attached hydrogens (tertiary/aromatic N) is 4. The summed E-state index contributed by atoms with van der Waals surface area (Å²) in [4.78, 5) is 4.94. The molecule has 2 saturated carbocycles. The molecule has 166 valence electrons. The SMILES string of the molecule is Cc1nnc(CN=C(NC2CCCC2)NC2CC3(CCCC3)Oc3ccccc32)n1C. The smallest absolute Gasteiger partial charge is 0.192 e. The van der Waals surface area contributed by atoms with Crippen LogP contribution in [-0.2, 0) is 13.6 Å². The van der Waals surface area contributed by atoms with Crippen molar-refractivity contribution in [2.24, 2.45) is 12.0 Å². The van der Waals surface area contributed by atoms with Gasteiger partial charge in [-0.2, -0.15) is 0 Å². The van der Waals surface area contributed by atoms with Gasteiger partial charge in [-0.25, -0.2) is 4.99 Å². The van der Waals surface area contributed by atoms with E-state index in [0.717, 1.165) is 42.6 Å². The molecule has 3 aliphatic rings. The van der Waals surface area contributed by atoms with Crippen LogP contribution in [0.15, 0.2) is 29.3 Å². The predicted octanol–water partition coefficient (Wildman–Crippen LogP) is 3.94. The molecule has 1 spiro atoms. The largest absolute Gasteiger partial charge is 0.487 e. The summed E-state index contributed by atoms with van der Waals surface area (Å²) < 4.78 is 8.56. The zero-order valence-electron chi connectivity index (χ0n) is 18.7. The molecule has 31 heavy (non-hydrogen) atoms. The summed E-state index contributed by atoms with van der Waals surface area (Å²) in [5.74, 6) is 3.69. The van der Waals surface area contributed by atoms with Gasteiger partial charge >= 0.3 is 0 Å². The van der Waals surface area contributed by atoms with Crippen LogP contribution in [0.3, 0.4) is 0 Å². The van der Waals surface area contributed by atoms with Gasteiger partial charge in [-0.05, 0) is 51.5 Å². The summed E-state index contributed by atoms with van der Waals surface area (Å²) in [6.07, 6.45) is 10.8. The number of rotatable bonds is 4. The lowest BCUT2D eigenvalue weighted by molar-refractivity contribution is 0.0395. The number of nitrogens with one attached hydrogen (secondary N) is 2. The zero-order valence-corrected chi connectivity index (χ0v) is 18.7. The Kier molecular flexibility index (Phi) is 5.59. The summed E-state index contributed by atoms with van der Waals surface area (Å²) in [5, 5.41) is 16.0. The minimum Gasteiger partial charge on any atom is -0.487 e. The first kappa shape index (κ1) is 20.3. The molecule has 2 fully saturated rings. The molecule has 0 saturated heterocycles. The highest BCUT2D eigenvalue weighted by Gasteiger charge is 2.43. The number of hydrogen-bond donors (Lipinski definition) is 2. The molecule has 1 aromatic carbocycles. The average molecular weight is 423 g/mol. The number of aliphatic imine (C=N–C) groups is 1. The van der Waals surface area contributed by atoms with E-state index >= 15 is 0 Å². The molecule has 0 bridgehead atoms. The van der Waals surface area contributed by atoms with E-state index in [1.807, 2.05) is 18.5 Å². The van der Waals surface area contributed by atoms with Crippen molar-refractivity contribution in [3.05, 3.63) is 41.5 Å². The zero-order chi connectivity index (χ0) is 21.3. The van der Waals surface area contributed by atoms with Crippen molar-refractivity contribution in [2.45, 2.75) is 88.9 Å². The van der Waals surface area contributed by atoms with Gasteiger partial charge in [0, 0.05) is 25.1 Å². The first-order valence-electron chi connectivity index (χ1n) is 11.8. The Bertz CT molecular complexity index is 939. The third-order valence-electron chi connectivity index (χ3n) is 7.28. The van der Waals surface area contributed by atoms with Crippen LogP contribution in [-0.4, -0.2) is 32.4 Å². The molecule has 5 rings (SSSR count). The third kappa shape index (κ3) is 4.27. The average Bonchev–Trinajstić information content (AvgIpc) is 3.51. The van der Waals surface area contributed by atoms with Gasteiger partial charge in [0.2, 0.25) is 0 Å². The molecule has 2 N–H and O–H groups in total. The van der Waals surface area contributed by atoms with Crippen LogP contribution in [0, 0.1) is 6.92 Å².